The smallest absolute Gasteiger partial charge is 0.0543 e. The van der Waals surface area contributed by atoms with Crippen LogP contribution in [-0.4, -0.2) is 4.57 Å². The van der Waals surface area contributed by atoms with E-state index in [4.69, 9.17) is 0 Å². The molecule has 0 aliphatic carbocycles. The van der Waals surface area contributed by atoms with E-state index in [2.05, 4.69) is 180 Å². The highest BCUT2D eigenvalue weighted by Crippen LogP contribution is 2.41. The molecular formula is C44H36N2. The van der Waals surface area contributed by atoms with Gasteiger partial charge >= 0.3 is 0 Å². The zero-order valence-corrected chi connectivity index (χ0v) is 26.2. The van der Waals surface area contributed by atoms with Gasteiger partial charge in [-0.25, -0.2) is 0 Å². The van der Waals surface area contributed by atoms with Crippen molar-refractivity contribution in [3.63, 3.8) is 0 Å². The Labute approximate surface area is 271 Å². The van der Waals surface area contributed by atoms with Crippen LogP contribution in [0, 0.1) is 0 Å². The molecule has 1 aromatic heterocycles. The zero-order chi connectivity index (χ0) is 31.3. The van der Waals surface area contributed by atoms with Crippen molar-refractivity contribution in [3.8, 4) is 39.1 Å². The second-order valence-electron chi connectivity index (χ2n) is 11.1. The standard InChI is InChI=1S/C42H30N2.C2H6/c1-4-13-30(14-5-1)31-23-26-35(27-24-31)44-40-22-11-10-19-38(40)39-29-33(25-28-41(39)44)37-21-12-20-36(32-15-6-2-7-16-32)42(37)43-34-17-8-3-9-18-34;1-2/h1-29,43H;1-2H3. The molecule has 8 rings (SSSR count). The average molecular weight is 593 g/mol. The molecule has 0 spiro atoms. The molecule has 0 saturated carbocycles. The van der Waals surface area contributed by atoms with Gasteiger partial charge in [0.15, 0.2) is 0 Å². The summed E-state index contributed by atoms with van der Waals surface area (Å²) in [4.78, 5) is 0. The molecule has 0 unspecified atom stereocenters. The van der Waals surface area contributed by atoms with Gasteiger partial charge in [0.05, 0.1) is 16.7 Å². The normalized spacial score (nSPS) is 10.8. The molecule has 1 heterocycles. The Hall–Kier alpha value is -5.86. The van der Waals surface area contributed by atoms with Crippen LogP contribution in [0.15, 0.2) is 176 Å². The Kier molecular flexibility index (Phi) is 8.17. The maximum Gasteiger partial charge on any atom is 0.0543 e. The highest BCUT2D eigenvalue weighted by Gasteiger charge is 2.16. The Morgan fingerprint density at radius 1 is 0.391 bits per heavy atom. The quantitative estimate of drug-likeness (QED) is 0.203. The summed E-state index contributed by atoms with van der Waals surface area (Å²) in [6.07, 6.45) is 0. The third-order valence-electron chi connectivity index (χ3n) is 8.41. The fraction of sp³-hybridized carbons (Fsp3) is 0.0455. The van der Waals surface area contributed by atoms with Crippen LogP contribution in [0.2, 0.25) is 0 Å². The number of para-hydroxylation sites is 3. The molecule has 46 heavy (non-hydrogen) atoms. The summed E-state index contributed by atoms with van der Waals surface area (Å²) < 4.78 is 2.38. The van der Waals surface area contributed by atoms with Gasteiger partial charge in [0.25, 0.3) is 0 Å². The van der Waals surface area contributed by atoms with Gasteiger partial charge in [-0.2, -0.15) is 0 Å². The first-order chi connectivity index (χ1) is 22.8. The summed E-state index contributed by atoms with van der Waals surface area (Å²) in [6.45, 7) is 4.00. The molecule has 222 valence electrons. The Morgan fingerprint density at radius 3 is 1.61 bits per heavy atom. The van der Waals surface area contributed by atoms with Crippen molar-refractivity contribution in [2.45, 2.75) is 13.8 Å². The first-order valence-electron chi connectivity index (χ1n) is 16.0. The lowest BCUT2D eigenvalue weighted by Crippen LogP contribution is -1.97. The number of aromatic nitrogens is 1. The third-order valence-corrected chi connectivity index (χ3v) is 8.41. The maximum absolute atomic E-state index is 3.77. The van der Waals surface area contributed by atoms with Gasteiger partial charge in [-0.05, 0) is 64.7 Å². The summed E-state index contributed by atoms with van der Waals surface area (Å²) in [6, 6.07) is 62.7. The second-order valence-corrected chi connectivity index (χ2v) is 11.1. The molecule has 0 fully saturated rings. The molecule has 8 aromatic rings. The fourth-order valence-corrected chi connectivity index (χ4v) is 6.30. The van der Waals surface area contributed by atoms with E-state index in [1.807, 2.05) is 19.9 Å². The monoisotopic (exact) mass is 592 g/mol. The van der Waals surface area contributed by atoms with Crippen LogP contribution in [0.5, 0.6) is 0 Å². The van der Waals surface area contributed by atoms with E-state index < -0.39 is 0 Å². The predicted molar refractivity (Wildman–Crippen MR) is 198 cm³/mol. The Morgan fingerprint density at radius 2 is 0.913 bits per heavy atom. The van der Waals surface area contributed by atoms with E-state index in [1.165, 1.54) is 55.2 Å². The van der Waals surface area contributed by atoms with Crippen molar-refractivity contribution in [3.05, 3.63) is 176 Å². The van der Waals surface area contributed by atoms with Crippen LogP contribution < -0.4 is 5.32 Å². The van der Waals surface area contributed by atoms with Crippen LogP contribution in [0.25, 0.3) is 60.9 Å². The first-order valence-corrected chi connectivity index (χ1v) is 16.0. The molecule has 7 aromatic carbocycles. The van der Waals surface area contributed by atoms with Crippen molar-refractivity contribution in [2.24, 2.45) is 0 Å². The van der Waals surface area contributed by atoms with Gasteiger partial charge < -0.3 is 9.88 Å². The number of nitrogens with zero attached hydrogens (tertiary/aromatic N) is 1. The SMILES string of the molecule is CC.c1ccc(Nc2c(-c3ccccc3)cccc2-c2ccc3c(c2)c2ccccc2n3-c2ccc(-c3ccccc3)cc2)cc1. The predicted octanol–water partition coefficient (Wildman–Crippen LogP) is 12.6. The van der Waals surface area contributed by atoms with Crippen LogP contribution in [0.3, 0.4) is 0 Å². The van der Waals surface area contributed by atoms with E-state index in [9.17, 15) is 0 Å². The van der Waals surface area contributed by atoms with E-state index in [0.29, 0.717) is 0 Å². The summed E-state index contributed by atoms with van der Waals surface area (Å²) in [5.41, 5.74) is 12.9. The summed E-state index contributed by atoms with van der Waals surface area (Å²) in [7, 11) is 0. The first kappa shape index (κ1) is 28.9. The second kappa shape index (κ2) is 13.0. The van der Waals surface area contributed by atoms with Crippen LogP contribution in [0.4, 0.5) is 11.4 Å². The van der Waals surface area contributed by atoms with Crippen molar-refractivity contribution >= 4 is 33.2 Å². The molecule has 1 N–H and O–H groups in total. The van der Waals surface area contributed by atoms with Crippen LogP contribution >= 0.6 is 0 Å². The van der Waals surface area contributed by atoms with Gasteiger partial charge in [0.2, 0.25) is 0 Å². The molecule has 0 bridgehead atoms. The average Bonchev–Trinajstić information content (AvgIpc) is 3.47. The number of hydrogen-bond acceptors (Lipinski definition) is 1. The van der Waals surface area contributed by atoms with E-state index in [-0.39, 0.29) is 0 Å². The highest BCUT2D eigenvalue weighted by atomic mass is 15.0. The molecule has 0 saturated heterocycles. The van der Waals surface area contributed by atoms with Crippen molar-refractivity contribution in [1.82, 2.24) is 4.57 Å². The Bertz CT molecular complexity index is 2210. The number of fused-ring (bicyclic) bond motifs is 3. The molecule has 2 heteroatoms. The van der Waals surface area contributed by atoms with Crippen molar-refractivity contribution in [2.75, 3.05) is 5.32 Å². The molecule has 0 aliphatic heterocycles. The van der Waals surface area contributed by atoms with Crippen LogP contribution in [-0.2, 0) is 0 Å². The molecule has 0 amide bonds. The lowest BCUT2D eigenvalue weighted by Gasteiger charge is -2.18. The topological polar surface area (TPSA) is 17.0 Å². The Balaban J connectivity index is 0.00000166. The lowest BCUT2D eigenvalue weighted by molar-refractivity contribution is 1.18. The third kappa shape index (κ3) is 5.46. The van der Waals surface area contributed by atoms with E-state index in [1.54, 1.807) is 0 Å². The van der Waals surface area contributed by atoms with Gasteiger partial charge in [0, 0.05) is 33.3 Å². The number of hydrogen-bond donors (Lipinski definition) is 1. The number of benzene rings is 7. The summed E-state index contributed by atoms with van der Waals surface area (Å²) in [5.74, 6) is 0. The number of anilines is 2. The number of nitrogens with one attached hydrogen (secondary N) is 1. The highest BCUT2D eigenvalue weighted by molar-refractivity contribution is 6.11. The minimum Gasteiger partial charge on any atom is -0.355 e. The molecule has 2 nitrogen and oxygen atoms in total. The maximum atomic E-state index is 3.77. The summed E-state index contributed by atoms with van der Waals surface area (Å²) >= 11 is 0. The zero-order valence-electron chi connectivity index (χ0n) is 26.2. The molecule has 0 radical (unpaired) electrons. The molecule has 0 atom stereocenters. The van der Waals surface area contributed by atoms with Gasteiger partial charge in [0.1, 0.15) is 0 Å². The van der Waals surface area contributed by atoms with Crippen molar-refractivity contribution in [1.29, 1.82) is 0 Å². The minimum atomic E-state index is 1.06. The molecule has 0 aliphatic rings. The fourth-order valence-electron chi connectivity index (χ4n) is 6.30. The minimum absolute atomic E-state index is 1.06. The van der Waals surface area contributed by atoms with Gasteiger partial charge in [-0.15, -0.1) is 0 Å². The van der Waals surface area contributed by atoms with Gasteiger partial charge in [-0.1, -0.05) is 147 Å². The molecular weight excluding hydrogens is 556 g/mol. The summed E-state index contributed by atoms with van der Waals surface area (Å²) in [5, 5.41) is 6.25. The lowest BCUT2D eigenvalue weighted by atomic mass is 9.94. The van der Waals surface area contributed by atoms with E-state index in [0.717, 1.165) is 17.1 Å². The van der Waals surface area contributed by atoms with Crippen molar-refractivity contribution < 1.29 is 0 Å². The van der Waals surface area contributed by atoms with Gasteiger partial charge in [-0.3, -0.25) is 0 Å². The largest absolute Gasteiger partial charge is 0.355 e. The van der Waals surface area contributed by atoms with Crippen LogP contribution in [0.1, 0.15) is 13.8 Å². The number of rotatable bonds is 6. The van der Waals surface area contributed by atoms with E-state index >= 15 is 0 Å².